The Balaban J connectivity index is 1.63. The second-order valence-corrected chi connectivity index (χ2v) is 14.6. The number of rotatable bonds is 3. The van der Waals surface area contributed by atoms with Crippen LogP contribution in [0.15, 0.2) is 11.6 Å². The lowest BCUT2D eigenvalue weighted by atomic mass is 9.33. The molecule has 10 atom stereocenters. The minimum atomic E-state index is -1.20. The number of ketones is 1. The zero-order chi connectivity index (χ0) is 26.5. The van der Waals surface area contributed by atoms with Crippen molar-refractivity contribution in [1.82, 2.24) is 0 Å². The molecule has 36 heavy (non-hydrogen) atoms. The Labute approximate surface area is 215 Å². The van der Waals surface area contributed by atoms with Crippen LogP contribution in [0.3, 0.4) is 0 Å². The lowest BCUT2D eigenvalue weighted by molar-refractivity contribution is -0.211. The van der Waals surface area contributed by atoms with Crippen LogP contribution in [0.4, 0.5) is 0 Å². The van der Waals surface area contributed by atoms with Crippen LogP contribution in [-0.4, -0.2) is 51.5 Å². The number of allylic oxidation sites excluding steroid dienone is 2. The number of hydrogen-bond acceptors (Lipinski definition) is 5. The fourth-order valence-electron chi connectivity index (χ4n) is 10.6. The van der Waals surface area contributed by atoms with E-state index in [-0.39, 0.29) is 58.4 Å². The molecule has 0 bridgehead atoms. The van der Waals surface area contributed by atoms with Gasteiger partial charge in [0.15, 0.2) is 0 Å². The van der Waals surface area contributed by atoms with E-state index >= 15 is 0 Å². The summed E-state index contributed by atoms with van der Waals surface area (Å²) in [4.78, 5) is 25.8. The van der Waals surface area contributed by atoms with Crippen molar-refractivity contribution in [3.05, 3.63) is 11.6 Å². The van der Waals surface area contributed by atoms with E-state index in [1.165, 1.54) is 5.57 Å². The highest BCUT2D eigenvalue weighted by Gasteiger charge is 2.71. The highest BCUT2D eigenvalue weighted by molar-refractivity contribution is 5.86. The topological polar surface area (TPSA) is 115 Å². The lowest BCUT2D eigenvalue weighted by Crippen LogP contribution is -2.67. The first-order valence-electron chi connectivity index (χ1n) is 14.1. The maximum absolute atomic E-state index is 13.0. The van der Waals surface area contributed by atoms with Crippen LogP contribution in [0.25, 0.3) is 0 Å². The zero-order valence-electron chi connectivity index (χ0n) is 22.8. The molecule has 4 N–H and O–H groups in total. The third kappa shape index (κ3) is 2.95. The molecule has 0 saturated heterocycles. The van der Waals surface area contributed by atoms with E-state index in [9.17, 15) is 30.0 Å². The van der Waals surface area contributed by atoms with Crippen molar-refractivity contribution >= 4 is 11.8 Å². The number of aliphatic hydroxyl groups excluding tert-OH is 3. The molecule has 6 heteroatoms. The maximum Gasteiger partial charge on any atom is 0.312 e. The predicted molar refractivity (Wildman–Crippen MR) is 136 cm³/mol. The average Bonchev–Trinajstić information content (AvgIpc) is 2.82. The van der Waals surface area contributed by atoms with Crippen LogP contribution >= 0.6 is 0 Å². The van der Waals surface area contributed by atoms with Gasteiger partial charge < -0.3 is 20.4 Å². The molecule has 5 aliphatic rings. The molecule has 0 radical (unpaired) electrons. The molecule has 4 saturated carbocycles. The number of fused-ring (bicyclic) bond motifs is 7. The Kier molecular flexibility index (Phi) is 5.78. The zero-order valence-corrected chi connectivity index (χ0v) is 22.8. The molecule has 4 fully saturated rings. The van der Waals surface area contributed by atoms with E-state index in [0.717, 1.165) is 25.7 Å². The Morgan fingerprint density at radius 2 is 1.67 bits per heavy atom. The molecular weight excluding hydrogens is 456 g/mol. The summed E-state index contributed by atoms with van der Waals surface area (Å²) in [6.45, 7) is 10.8. The van der Waals surface area contributed by atoms with Gasteiger partial charge >= 0.3 is 5.97 Å². The monoisotopic (exact) mass is 502 g/mol. The Hall–Kier alpha value is -1.24. The van der Waals surface area contributed by atoms with Gasteiger partial charge in [0.05, 0.1) is 18.1 Å². The van der Waals surface area contributed by atoms with Crippen molar-refractivity contribution in [1.29, 1.82) is 0 Å². The van der Waals surface area contributed by atoms with Crippen molar-refractivity contribution < 1.29 is 30.0 Å². The fraction of sp³-hybridized carbons (Fsp3) is 0.867. The van der Waals surface area contributed by atoms with Crippen LogP contribution in [0.2, 0.25) is 0 Å². The summed E-state index contributed by atoms with van der Waals surface area (Å²) in [5.41, 5.74) is -1.70. The van der Waals surface area contributed by atoms with E-state index < -0.39 is 22.9 Å². The number of aliphatic hydroxyl groups is 3. The van der Waals surface area contributed by atoms with Gasteiger partial charge in [-0.2, -0.15) is 0 Å². The summed E-state index contributed by atoms with van der Waals surface area (Å²) >= 11 is 0. The third-order valence-electron chi connectivity index (χ3n) is 13.2. The quantitative estimate of drug-likeness (QED) is 0.426. The molecule has 0 aromatic carbocycles. The Morgan fingerprint density at radius 3 is 2.28 bits per heavy atom. The molecule has 0 heterocycles. The van der Waals surface area contributed by atoms with Crippen molar-refractivity contribution in [3.8, 4) is 0 Å². The summed E-state index contributed by atoms with van der Waals surface area (Å²) in [6.07, 6.45) is 7.25. The van der Waals surface area contributed by atoms with Crippen LogP contribution in [0.1, 0.15) is 92.4 Å². The molecule has 5 rings (SSSR count). The fourth-order valence-corrected chi connectivity index (χ4v) is 10.6. The summed E-state index contributed by atoms with van der Waals surface area (Å²) in [5, 5.41) is 42.7. The largest absolute Gasteiger partial charge is 0.481 e. The number of carbonyl (C=O) groups is 2. The standard InChI is InChI=1S/C30H46O6/c1-25(16-31)12-13-30(24(35)36)19(14-25)18-6-7-21-26(2)10-9-22(33)27(3,17-32)20(26)8-11-28(21,4)29(18,5)15-23(30)34/h6,19-21,23,31-32,34H,7-17H2,1-5H3,(H,35,36)/t19-,20+,21+,23+,25+,26-,27-,28+,29+,30+/m0/s1. The van der Waals surface area contributed by atoms with Crippen molar-refractivity contribution in [2.24, 2.45) is 50.2 Å². The van der Waals surface area contributed by atoms with Crippen molar-refractivity contribution in [3.63, 3.8) is 0 Å². The summed E-state index contributed by atoms with van der Waals surface area (Å²) in [7, 11) is 0. The maximum atomic E-state index is 13.0. The first kappa shape index (κ1) is 26.4. The van der Waals surface area contributed by atoms with Gasteiger partial charge in [-0.15, -0.1) is 0 Å². The number of aliphatic carboxylic acids is 1. The highest BCUT2D eigenvalue weighted by atomic mass is 16.4. The number of carbonyl (C=O) groups excluding carboxylic acids is 1. The Morgan fingerprint density at radius 1 is 0.972 bits per heavy atom. The summed E-state index contributed by atoms with van der Waals surface area (Å²) in [5.74, 6) is -0.621. The lowest BCUT2D eigenvalue weighted by Gasteiger charge is -2.71. The van der Waals surface area contributed by atoms with Gasteiger partial charge in [0.25, 0.3) is 0 Å². The van der Waals surface area contributed by atoms with Gasteiger partial charge in [-0.3, -0.25) is 9.59 Å². The molecule has 0 spiro atoms. The average molecular weight is 503 g/mol. The normalized spacial score (nSPS) is 54.4. The number of carboxylic acids is 1. The molecule has 202 valence electrons. The first-order valence-corrected chi connectivity index (χ1v) is 14.1. The smallest absolute Gasteiger partial charge is 0.312 e. The van der Waals surface area contributed by atoms with Crippen molar-refractivity contribution in [2.45, 2.75) is 98.5 Å². The third-order valence-corrected chi connectivity index (χ3v) is 13.2. The SMILES string of the molecule is C[C@@]1(CO)CC[C@]2(C(=O)O)[C@H](O)C[C@]3(C)C(=CC[C@@H]4[C@@]5(C)CCC(=O)[C@@](C)(CO)[C@@H]5CC[C@]43C)[C@@H]2C1. The van der Waals surface area contributed by atoms with Gasteiger partial charge in [0.2, 0.25) is 0 Å². The predicted octanol–water partition coefficient (Wildman–Crippen LogP) is 4.36. The Bertz CT molecular complexity index is 1010. The van der Waals surface area contributed by atoms with E-state index in [4.69, 9.17) is 0 Å². The molecule has 0 aromatic rings. The summed E-state index contributed by atoms with van der Waals surface area (Å²) < 4.78 is 0. The minimum Gasteiger partial charge on any atom is -0.481 e. The van der Waals surface area contributed by atoms with E-state index in [1.54, 1.807) is 0 Å². The van der Waals surface area contributed by atoms with E-state index in [1.807, 2.05) is 13.8 Å². The van der Waals surface area contributed by atoms with Gasteiger partial charge in [-0.1, -0.05) is 46.3 Å². The van der Waals surface area contributed by atoms with E-state index in [2.05, 4.69) is 26.8 Å². The molecule has 6 nitrogen and oxygen atoms in total. The molecule has 0 unspecified atom stereocenters. The number of carboxylic acid groups (broad SMARTS) is 1. The van der Waals surface area contributed by atoms with Crippen LogP contribution in [0.5, 0.6) is 0 Å². The summed E-state index contributed by atoms with van der Waals surface area (Å²) in [6, 6.07) is 0. The molecule has 5 aliphatic carbocycles. The van der Waals surface area contributed by atoms with Gasteiger partial charge in [-0.25, -0.2) is 0 Å². The number of Topliss-reactive ketones (excluding diaryl/α,β-unsaturated/α-hetero) is 1. The minimum absolute atomic E-state index is 0.0205. The first-order chi connectivity index (χ1) is 16.7. The van der Waals surface area contributed by atoms with Crippen LogP contribution in [0, 0.1) is 50.2 Å². The van der Waals surface area contributed by atoms with Gasteiger partial charge in [0, 0.05) is 13.0 Å². The second-order valence-electron chi connectivity index (χ2n) is 14.6. The molecule has 0 aromatic heterocycles. The van der Waals surface area contributed by atoms with Crippen molar-refractivity contribution in [2.75, 3.05) is 13.2 Å². The van der Waals surface area contributed by atoms with Crippen LogP contribution in [-0.2, 0) is 9.59 Å². The van der Waals surface area contributed by atoms with Crippen LogP contribution < -0.4 is 0 Å². The number of hydrogen-bond donors (Lipinski definition) is 4. The second kappa shape index (κ2) is 7.89. The highest BCUT2D eigenvalue weighted by Crippen LogP contribution is 2.75. The van der Waals surface area contributed by atoms with Gasteiger partial charge in [0.1, 0.15) is 11.2 Å². The molecular formula is C30H46O6. The molecule has 0 aliphatic heterocycles. The van der Waals surface area contributed by atoms with E-state index in [0.29, 0.717) is 32.1 Å². The molecule has 0 amide bonds. The van der Waals surface area contributed by atoms with Gasteiger partial charge in [-0.05, 0) is 90.8 Å².